The van der Waals surface area contributed by atoms with Crippen molar-refractivity contribution in [3.63, 3.8) is 0 Å². The summed E-state index contributed by atoms with van der Waals surface area (Å²) in [5.41, 5.74) is 0.0467. The lowest BCUT2D eigenvalue weighted by atomic mass is 9.57. The van der Waals surface area contributed by atoms with E-state index in [-0.39, 0.29) is 34.6 Å². The highest BCUT2D eigenvalue weighted by molar-refractivity contribution is 7.10. The average Bonchev–Trinajstić information content (AvgIpc) is 3.36. The maximum atomic E-state index is 13.0. The largest absolute Gasteiger partial charge is 0.390 e. The summed E-state index contributed by atoms with van der Waals surface area (Å²) in [6, 6.07) is 7.78. The number of pyridine rings is 1. The van der Waals surface area contributed by atoms with E-state index in [0.29, 0.717) is 38.6 Å². The molecule has 4 rings (SSSR count). The summed E-state index contributed by atoms with van der Waals surface area (Å²) in [6.07, 6.45) is 8.05. The molecule has 2 heterocycles. The maximum Gasteiger partial charge on any atom is 0.225 e. The van der Waals surface area contributed by atoms with Gasteiger partial charge in [0, 0.05) is 36.3 Å². The lowest BCUT2D eigenvalue weighted by Crippen LogP contribution is -2.53. The first kappa shape index (κ1) is 24.9. The summed E-state index contributed by atoms with van der Waals surface area (Å²) in [4.78, 5) is 30.9. The van der Waals surface area contributed by atoms with Crippen LogP contribution in [-0.2, 0) is 22.6 Å². The van der Waals surface area contributed by atoms with Gasteiger partial charge in [-0.05, 0) is 78.9 Å². The number of nitrogens with zero attached hydrogens (tertiary/aromatic N) is 1. The molecular formula is C27H37N3O3S. The van der Waals surface area contributed by atoms with Crippen LogP contribution in [0.4, 0.5) is 0 Å². The lowest BCUT2D eigenvalue weighted by molar-refractivity contribution is -0.125. The third kappa shape index (κ3) is 5.52. The van der Waals surface area contributed by atoms with Gasteiger partial charge in [0.2, 0.25) is 11.8 Å². The van der Waals surface area contributed by atoms with Gasteiger partial charge in [0.25, 0.3) is 0 Å². The zero-order valence-corrected chi connectivity index (χ0v) is 21.3. The average molecular weight is 484 g/mol. The van der Waals surface area contributed by atoms with E-state index in [1.807, 2.05) is 36.6 Å². The van der Waals surface area contributed by atoms with Crippen molar-refractivity contribution in [3.05, 3.63) is 52.5 Å². The van der Waals surface area contributed by atoms with Gasteiger partial charge in [-0.25, -0.2) is 0 Å². The molecule has 7 heteroatoms. The molecule has 0 aliphatic heterocycles. The van der Waals surface area contributed by atoms with Crippen LogP contribution in [0.2, 0.25) is 0 Å². The minimum Gasteiger partial charge on any atom is -0.390 e. The quantitative estimate of drug-likeness (QED) is 0.524. The monoisotopic (exact) mass is 483 g/mol. The molecule has 34 heavy (non-hydrogen) atoms. The lowest BCUT2D eigenvalue weighted by Gasteiger charge is -2.50. The minimum atomic E-state index is -0.704. The Hall–Kier alpha value is -2.25. The fourth-order valence-electron chi connectivity index (χ4n) is 6.39. The zero-order chi connectivity index (χ0) is 24.4. The highest BCUT2D eigenvalue weighted by atomic mass is 32.1. The van der Waals surface area contributed by atoms with Crippen LogP contribution in [0, 0.1) is 16.7 Å². The molecule has 2 aliphatic rings. The zero-order valence-electron chi connectivity index (χ0n) is 20.5. The Balaban J connectivity index is 1.48. The molecule has 0 bridgehead atoms. The molecule has 184 valence electrons. The number of carbonyl (C=O) groups excluding carboxylic acids is 2. The second-order valence-electron chi connectivity index (χ2n) is 11.2. The normalized spacial score (nSPS) is 29.9. The molecule has 2 aromatic heterocycles. The number of rotatable bonds is 8. The summed E-state index contributed by atoms with van der Waals surface area (Å²) < 4.78 is 0. The molecular weight excluding hydrogens is 446 g/mol. The number of fused-ring (bicyclic) bond motifs is 1. The van der Waals surface area contributed by atoms with E-state index in [0.717, 1.165) is 23.3 Å². The van der Waals surface area contributed by atoms with Gasteiger partial charge >= 0.3 is 0 Å². The summed E-state index contributed by atoms with van der Waals surface area (Å²) in [5, 5.41) is 19.3. The van der Waals surface area contributed by atoms with Crippen molar-refractivity contribution in [1.29, 1.82) is 0 Å². The van der Waals surface area contributed by atoms with E-state index >= 15 is 0 Å². The molecule has 0 spiro atoms. The van der Waals surface area contributed by atoms with E-state index in [9.17, 15) is 14.7 Å². The Morgan fingerprint density at radius 3 is 2.68 bits per heavy atom. The fraction of sp³-hybridized carbons (Fsp3) is 0.593. The van der Waals surface area contributed by atoms with Gasteiger partial charge in [0.05, 0.1) is 12.0 Å². The Labute approximate surface area is 206 Å². The molecule has 2 saturated carbocycles. The van der Waals surface area contributed by atoms with Crippen molar-refractivity contribution >= 4 is 23.2 Å². The molecule has 0 aromatic carbocycles. The molecule has 0 unspecified atom stereocenters. The van der Waals surface area contributed by atoms with Crippen molar-refractivity contribution in [2.45, 2.75) is 83.9 Å². The van der Waals surface area contributed by atoms with E-state index in [1.54, 1.807) is 23.7 Å². The van der Waals surface area contributed by atoms with Gasteiger partial charge in [0.15, 0.2) is 0 Å². The van der Waals surface area contributed by atoms with E-state index in [1.165, 1.54) is 0 Å². The second kappa shape index (κ2) is 9.78. The summed E-state index contributed by atoms with van der Waals surface area (Å²) >= 11 is 1.60. The first-order chi connectivity index (χ1) is 16.1. The molecule has 3 N–H and O–H groups in total. The van der Waals surface area contributed by atoms with Crippen LogP contribution in [0.3, 0.4) is 0 Å². The molecule has 4 atom stereocenters. The van der Waals surface area contributed by atoms with Crippen molar-refractivity contribution in [1.82, 2.24) is 15.6 Å². The standard InChI is InChI=1S/C27H37N3O3S/c1-25(2)16-22(30-24(32)14-20-7-5-13-34-20)27(11-10-26(3,33)15-21(25)27)9-8-23(31)29-18-19-6-4-12-28-17-19/h4-7,12-13,17,21-22,33H,8-11,14-16,18H2,1-3H3,(H,29,31)(H,30,32)/t21-,22-,26-,27-/m0/s1. The van der Waals surface area contributed by atoms with Crippen molar-refractivity contribution in [2.75, 3.05) is 0 Å². The smallest absolute Gasteiger partial charge is 0.225 e. The summed E-state index contributed by atoms with van der Waals surface area (Å²) in [7, 11) is 0. The Morgan fingerprint density at radius 2 is 1.97 bits per heavy atom. The van der Waals surface area contributed by atoms with Crippen molar-refractivity contribution < 1.29 is 14.7 Å². The predicted octanol–water partition coefficient (Wildman–Crippen LogP) is 4.23. The van der Waals surface area contributed by atoms with Crippen molar-refractivity contribution in [2.24, 2.45) is 16.7 Å². The van der Waals surface area contributed by atoms with E-state index in [2.05, 4.69) is 29.5 Å². The van der Waals surface area contributed by atoms with Crippen LogP contribution in [-0.4, -0.2) is 33.5 Å². The highest BCUT2D eigenvalue weighted by Gasteiger charge is 2.61. The molecule has 2 amide bonds. The van der Waals surface area contributed by atoms with Gasteiger partial charge in [0.1, 0.15) is 0 Å². The molecule has 2 aromatic rings. The number of hydrogen-bond donors (Lipinski definition) is 3. The fourth-order valence-corrected chi connectivity index (χ4v) is 7.09. The number of thiophene rings is 1. The van der Waals surface area contributed by atoms with Crippen LogP contribution in [0.1, 0.15) is 69.7 Å². The number of aromatic nitrogens is 1. The van der Waals surface area contributed by atoms with E-state index < -0.39 is 5.60 Å². The number of amides is 2. The van der Waals surface area contributed by atoms with Crippen LogP contribution in [0.15, 0.2) is 42.0 Å². The highest BCUT2D eigenvalue weighted by Crippen LogP contribution is 2.63. The Bertz CT molecular complexity index is 990. The molecule has 6 nitrogen and oxygen atoms in total. The second-order valence-corrected chi connectivity index (χ2v) is 12.2. The molecule has 0 saturated heterocycles. The van der Waals surface area contributed by atoms with Crippen LogP contribution in [0.25, 0.3) is 0 Å². The van der Waals surface area contributed by atoms with Gasteiger partial charge in [-0.3, -0.25) is 14.6 Å². The number of carbonyl (C=O) groups is 2. The van der Waals surface area contributed by atoms with Gasteiger partial charge < -0.3 is 15.7 Å². The Kier molecular flexibility index (Phi) is 7.15. The maximum absolute atomic E-state index is 13.0. The number of aliphatic hydroxyl groups is 1. The number of nitrogens with one attached hydrogen (secondary N) is 2. The topological polar surface area (TPSA) is 91.3 Å². The van der Waals surface area contributed by atoms with Gasteiger partial charge in [-0.15, -0.1) is 11.3 Å². The van der Waals surface area contributed by atoms with Crippen LogP contribution in [0.5, 0.6) is 0 Å². The number of hydrogen-bond acceptors (Lipinski definition) is 5. The predicted molar refractivity (Wildman–Crippen MR) is 134 cm³/mol. The molecule has 0 radical (unpaired) electrons. The SMILES string of the molecule is CC1(C)C[C@H](NC(=O)Cc2cccs2)[C@@]2(CCC(=O)NCc3cccnc3)CC[C@](C)(O)C[C@@H]12. The van der Waals surface area contributed by atoms with Gasteiger partial charge in [-0.2, -0.15) is 0 Å². The molecule has 2 aliphatic carbocycles. The Morgan fingerprint density at radius 1 is 1.15 bits per heavy atom. The van der Waals surface area contributed by atoms with Crippen LogP contribution < -0.4 is 10.6 Å². The molecule has 2 fully saturated rings. The van der Waals surface area contributed by atoms with Crippen LogP contribution >= 0.6 is 11.3 Å². The first-order valence-corrected chi connectivity index (χ1v) is 13.2. The van der Waals surface area contributed by atoms with Crippen molar-refractivity contribution in [3.8, 4) is 0 Å². The minimum absolute atomic E-state index is 0.00202. The first-order valence-electron chi connectivity index (χ1n) is 12.3. The third-order valence-corrected chi connectivity index (χ3v) is 8.99. The van der Waals surface area contributed by atoms with E-state index in [4.69, 9.17) is 0 Å². The third-order valence-electron chi connectivity index (χ3n) is 8.11. The summed E-state index contributed by atoms with van der Waals surface area (Å²) in [6.45, 7) is 6.89. The summed E-state index contributed by atoms with van der Waals surface area (Å²) in [5.74, 6) is 0.297. The van der Waals surface area contributed by atoms with Gasteiger partial charge in [-0.1, -0.05) is 26.0 Å².